The van der Waals surface area contributed by atoms with E-state index in [-0.39, 0.29) is 11.4 Å². The zero-order valence-electron chi connectivity index (χ0n) is 11.3. The van der Waals surface area contributed by atoms with Crippen LogP contribution in [0, 0.1) is 0 Å². The highest BCUT2D eigenvalue weighted by Crippen LogP contribution is 2.15. The first-order chi connectivity index (χ1) is 9.56. The van der Waals surface area contributed by atoms with Gasteiger partial charge in [-0.2, -0.15) is 5.10 Å². The molecule has 4 N–H and O–H groups in total. The highest BCUT2D eigenvalue weighted by Gasteiger charge is 2.17. The van der Waals surface area contributed by atoms with E-state index < -0.39 is 10.0 Å². The molecule has 0 spiro atoms. The minimum Gasteiger partial charge on any atom is -0.349 e. The molecule has 0 bridgehead atoms. The average Bonchev–Trinajstić information content (AvgIpc) is 3.06. The Labute approximate surface area is 118 Å². The number of H-pyrrole nitrogens is 1. The van der Waals surface area contributed by atoms with E-state index in [2.05, 4.69) is 14.9 Å². The summed E-state index contributed by atoms with van der Waals surface area (Å²) in [5.41, 5.74) is 7.23. The van der Waals surface area contributed by atoms with Crippen LogP contribution in [-0.4, -0.2) is 23.2 Å². The lowest BCUT2D eigenvalue weighted by Gasteiger charge is -2.04. The maximum absolute atomic E-state index is 12.2. The highest BCUT2D eigenvalue weighted by molar-refractivity contribution is 7.89. The molecule has 2 rings (SSSR count). The number of nitrogens with zero attached hydrogens (tertiary/aromatic N) is 2. The molecule has 2 heterocycles. The van der Waals surface area contributed by atoms with Gasteiger partial charge < -0.3 is 10.3 Å². The number of hydrogen-bond acceptors (Lipinski definition) is 4. The zero-order valence-corrected chi connectivity index (χ0v) is 12.2. The van der Waals surface area contributed by atoms with Gasteiger partial charge in [-0.1, -0.05) is 6.92 Å². The summed E-state index contributed by atoms with van der Waals surface area (Å²) in [5, 5.41) is 6.41. The smallest absolute Gasteiger partial charge is 0.242 e. The second-order valence-corrected chi connectivity index (χ2v) is 6.26. The molecule has 110 valence electrons. The van der Waals surface area contributed by atoms with Gasteiger partial charge in [-0.15, -0.1) is 0 Å². The molecule has 0 amide bonds. The number of nitrogens with one attached hydrogen (secondary N) is 2. The number of rotatable bonds is 7. The predicted molar refractivity (Wildman–Crippen MR) is 75.2 cm³/mol. The second kappa shape index (κ2) is 6.21. The molecule has 8 heteroatoms. The first-order valence-corrected chi connectivity index (χ1v) is 7.91. The molecule has 2 aromatic rings. The quantitative estimate of drug-likeness (QED) is 0.694. The molecule has 20 heavy (non-hydrogen) atoms. The van der Waals surface area contributed by atoms with Gasteiger partial charge in [0.15, 0.2) is 0 Å². The number of hydrogen-bond donors (Lipinski definition) is 3. The van der Waals surface area contributed by atoms with E-state index in [1.54, 1.807) is 24.7 Å². The van der Waals surface area contributed by atoms with Crippen molar-refractivity contribution < 1.29 is 8.42 Å². The lowest BCUT2D eigenvalue weighted by Crippen LogP contribution is -2.22. The number of nitrogens with two attached hydrogens (primary N) is 1. The van der Waals surface area contributed by atoms with E-state index in [0.29, 0.717) is 6.54 Å². The third-order valence-electron chi connectivity index (χ3n) is 2.97. The van der Waals surface area contributed by atoms with Crippen molar-refractivity contribution in [3.8, 4) is 0 Å². The molecule has 2 aromatic heterocycles. The molecule has 0 saturated carbocycles. The Morgan fingerprint density at radius 2 is 2.30 bits per heavy atom. The van der Waals surface area contributed by atoms with Crippen LogP contribution in [-0.2, 0) is 29.7 Å². The van der Waals surface area contributed by atoms with Gasteiger partial charge in [0.2, 0.25) is 10.0 Å². The average molecular weight is 297 g/mol. The largest absolute Gasteiger partial charge is 0.349 e. The van der Waals surface area contributed by atoms with Crippen molar-refractivity contribution in [3.63, 3.8) is 0 Å². The molecular formula is C12H19N5O2S. The Morgan fingerprint density at radius 3 is 2.90 bits per heavy atom. The third kappa shape index (κ3) is 3.27. The van der Waals surface area contributed by atoms with Crippen LogP contribution in [0.5, 0.6) is 0 Å². The Hall–Kier alpha value is -1.64. The highest BCUT2D eigenvalue weighted by atomic mass is 32.2. The van der Waals surface area contributed by atoms with Crippen LogP contribution < -0.4 is 10.5 Å². The van der Waals surface area contributed by atoms with Crippen molar-refractivity contribution in [1.29, 1.82) is 0 Å². The van der Waals surface area contributed by atoms with Crippen molar-refractivity contribution in [2.75, 3.05) is 0 Å². The molecule has 0 radical (unpaired) electrons. The van der Waals surface area contributed by atoms with Gasteiger partial charge in [-0.05, 0) is 12.5 Å². The minimum absolute atomic E-state index is 0.204. The summed E-state index contributed by atoms with van der Waals surface area (Å²) in [4.78, 5) is 0.245. The number of aromatic nitrogens is 3. The summed E-state index contributed by atoms with van der Waals surface area (Å²) in [6, 6.07) is 1.62. The zero-order chi connectivity index (χ0) is 14.6. The number of sulfonamides is 1. The summed E-state index contributed by atoms with van der Waals surface area (Å²) >= 11 is 0. The molecule has 0 unspecified atom stereocenters. The molecule has 0 atom stereocenters. The molecule has 0 aromatic carbocycles. The fourth-order valence-corrected chi connectivity index (χ4v) is 3.01. The summed E-state index contributed by atoms with van der Waals surface area (Å²) in [6.07, 6.45) is 5.78. The second-order valence-electron chi connectivity index (χ2n) is 4.50. The molecule has 0 saturated heterocycles. The van der Waals surface area contributed by atoms with E-state index in [0.717, 1.165) is 24.2 Å². The predicted octanol–water partition coefficient (Wildman–Crippen LogP) is 0.558. The maximum Gasteiger partial charge on any atom is 0.242 e. The van der Waals surface area contributed by atoms with Gasteiger partial charge in [0, 0.05) is 43.3 Å². The van der Waals surface area contributed by atoms with Crippen molar-refractivity contribution in [1.82, 2.24) is 19.5 Å². The Morgan fingerprint density at radius 1 is 1.50 bits per heavy atom. The summed E-state index contributed by atoms with van der Waals surface area (Å²) in [5.74, 6) is 0. The molecular weight excluding hydrogens is 278 g/mol. The van der Waals surface area contributed by atoms with Crippen molar-refractivity contribution >= 4 is 10.0 Å². The van der Waals surface area contributed by atoms with Gasteiger partial charge in [-0.3, -0.25) is 5.10 Å². The summed E-state index contributed by atoms with van der Waals surface area (Å²) < 4.78 is 28.9. The van der Waals surface area contributed by atoms with Gasteiger partial charge >= 0.3 is 0 Å². The molecule has 7 nitrogen and oxygen atoms in total. The molecule has 0 aliphatic carbocycles. The lowest BCUT2D eigenvalue weighted by molar-refractivity contribution is 0.580. The van der Waals surface area contributed by atoms with Crippen molar-refractivity contribution in [2.24, 2.45) is 5.73 Å². The lowest BCUT2D eigenvalue weighted by atomic mass is 10.4. The van der Waals surface area contributed by atoms with Gasteiger partial charge in [0.25, 0.3) is 0 Å². The Bertz CT molecular complexity index is 645. The minimum atomic E-state index is -3.53. The van der Waals surface area contributed by atoms with E-state index in [1.807, 2.05) is 11.5 Å². The fraction of sp³-hybridized carbons (Fsp3) is 0.417. The molecule has 0 fully saturated rings. The van der Waals surface area contributed by atoms with E-state index in [4.69, 9.17) is 5.73 Å². The monoisotopic (exact) mass is 297 g/mol. The van der Waals surface area contributed by atoms with Crippen LogP contribution in [0.2, 0.25) is 0 Å². The number of aryl methyl sites for hydroxylation is 1. The summed E-state index contributed by atoms with van der Waals surface area (Å²) in [7, 11) is -3.53. The van der Waals surface area contributed by atoms with E-state index in [9.17, 15) is 8.42 Å². The SMILES string of the molecule is CCCn1cc(S(=O)(=O)NCc2cn[nH]c2)cc1CN. The van der Waals surface area contributed by atoms with Crippen LogP contribution in [0.25, 0.3) is 0 Å². The van der Waals surface area contributed by atoms with E-state index in [1.165, 1.54) is 0 Å². The van der Waals surface area contributed by atoms with Crippen LogP contribution in [0.1, 0.15) is 24.6 Å². The van der Waals surface area contributed by atoms with Crippen molar-refractivity contribution in [3.05, 3.63) is 35.9 Å². The van der Waals surface area contributed by atoms with Gasteiger partial charge in [0.1, 0.15) is 0 Å². The van der Waals surface area contributed by atoms with Crippen LogP contribution in [0.15, 0.2) is 29.6 Å². The van der Waals surface area contributed by atoms with Gasteiger partial charge in [0.05, 0.1) is 11.1 Å². The topological polar surface area (TPSA) is 106 Å². The third-order valence-corrected chi connectivity index (χ3v) is 4.33. The normalized spacial score (nSPS) is 11.9. The fourth-order valence-electron chi connectivity index (χ4n) is 1.93. The molecule has 0 aliphatic heterocycles. The van der Waals surface area contributed by atoms with Crippen molar-refractivity contribution in [2.45, 2.75) is 37.9 Å². The van der Waals surface area contributed by atoms with Gasteiger partial charge in [-0.25, -0.2) is 13.1 Å². The first kappa shape index (κ1) is 14.8. The van der Waals surface area contributed by atoms with Crippen LogP contribution in [0.4, 0.5) is 0 Å². The molecule has 0 aliphatic rings. The Balaban J connectivity index is 2.16. The first-order valence-electron chi connectivity index (χ1n) is 6.43. The standard InChI is InChI=1S/C12H19N5O2S/c1-2-3-17-9-12(4-11(17)5-13)20(18,19)16-8-10-6-14-15-7-10/h4,6-7,9,16H,2-3,5,8,13H2,1H3,(H,14,15). The van der Waals surface area contributed by atoms with Crippen LogP contribution in [0.3, 0.4) is 0 Å². The van der Waals surface area contributed by atoms with Crippen LogP contribution >= 0.6 is 0 Å². The summed E-state index contributed by atoms with van der Waals surface area (Å²) in [6.45, 7) is 3.31. The Kier molecular flexibility index (Phi) is 4.58. The maximum atomic E-state index is 12.2. The van der Waals surface area contributed by atoms with E-state index >= 15 is 0 Å². The number of aromatic amines is 1.